The van der Waals surface area contributed by atoms with Crippen molar-refractivity contribution in [2.75, 3.05) is 33.1 Å². The largest absolute Gasteiger partial charge is 0.508 e. The van der Waals surface area contributed by atoms with Crippen molar-refractivity contribution < 1.29 is 34.1 Å². The summed E-state index contributed by atoms with van der Waals surface area (Å²) in [5.41, 5.74) is 4.25. The Labute approximate surface area is 237 Å². The van der Waals surface area contributed by atoms with E-state index in [2.05, 4.69) is 10.3 Å². The minimum Gasteiger partial charge on any atom is -0.508 e. The molecule has 3 aliphatic carbocycles. The molecule has 0 bridgehead atoms. The molecule has 220 valence electrons. The fraction of sp³-hybridized carbons (Fsp3) is 0.517. The number of aromatic nitrogens is 1. The van der Waals surface area contributed by atoms with Gasteiger partial charge in [-0.2, -0.15) is 0 Å². The van der Waals surface area contributed by atoms with Gasteiger partial charge in [-0.3, -0.25) is 19.3 Å². The molecule has 0 radical (unpaired) electrons. The number of hydrogen-bond donors (Lipinski definition) is 5. The Hall–Kier alpha value is -3.74. The summed E-state index contributed by atoms with van der Waals surface area (Å²) in [5.74, 6) is -5.72. The molecule has 5 rings (SSSR count). The van der Waals surface area contributed by atoms with Gasteiger partial charge in [-0.25, -0.2) is 4.98 Å². The zero-order valence-corrected chi connectivity index (χ0v) is 24.3. The van der Waals surface area contributed by atoms with Gasteiger partial charge in [-0.1, -0.05) is 0 Å². The van der Waals surface area contributed by atoms with Crippen molar-refractivity contribution in [1.29, 1.82) is 0 Å². The lowest BCUT2D eigenvalue weighted by Gasteiger charge is -2.50. The number of carbonyl (C=O) groups is 3. The Bertz CT molecular complexity index is 1560. The number of amides is 1. The number of rotatable bonds is 5. The fourth-order valence-corrected chi connectivity index (χ4v) is 6.54. The first-order chi connectivity index (χ1) is 19.0. The number of carbonyl (C=O) groups excluding carboxylic acids is 3. The Morgan fingerprint density at radius 2 is 1.88 bits per heavy atom. The van der Waals surface area contributed by atoms with Crippen LogP contribution < -0.4 is 16.0 Å². The zero-order valence-electron chi connectivity index (χ0n) is 24.3. The lowest BCUT2D eigenvalue weighted by molar-refractivity contribution is -0.153. The smallest absolute Gasteiger partial charge is 0.255 e. The number of hydrogen-bond acceptors (Lipinski definition) is 11. The number of aliphatic hydroxyl groups excluding tert-OH is 2. The van der Waals surface area contributed by atoms with Crippen LogP contribution in [0.25, 0.3) is 16.9 Å². The van der Waals surface area contributed by atoms with Crippen molar-refractivity contribution in [3.8, 4) is 0 Å². The molecule has 1 aromatic carbocycles. The van der Waals surface area contributed by atoms with E-state index in [-0.39, 0.29) is 28.9 Å². The molecule has 3 aliphatic rings. The molecule has 4 atom stereocenters. The van der Waals surface area contributed by atoms with Crippen LogP contribution in [0.3, 0.4) is 0 Å². The van der Waals surface area contributed by atoms with E-state index in [4.69, 9.17) is 10.2 Å². The highest BCUT2D eigenvalue weighted by Gasteiger charge is 2.64. The predicted octanol–water partition coefficient (Wildman–Crippen LogP) is 1.35. The van der Waals surface area contributed by atoms with Crippen LogP contribution in [-0.4, -0.2) is 88.0 Å². The first-order valence-electron chi connectivity index (χ1n) is 13.5. The Morgan fingerprint density at radius 3 is 2.44 bits per heavy atom. The maximum Gasteiger partial charge on any atom is 0.255 e. The molecule has 12 heteroatoms. The van der Waals surface area contributed by atoms with Gasteiger partial charge in [0.1, 0.15) is 22.6 Å². The number of oxazole rings is 1. The Kier molecular flexibility index (Phi) is 6.60. The lowest BCUT2D eigenvalue weighted by atomic mass is 9.57. The van der Waals surface area contributed by atoms with Crippen LogP contribution in [-0.2, 0) is 27.3 Å². The summed E-state index contributed by atoms with van der Waals surface area (Å²) in [6, 6.07) is 0.772. The van der Waals surface area contributed by atoms with Gasteiger partial charge in [-0.15, -0.1) is 0 Å². The van der Waals surface area contributed by atoms with E-state index in [1.807, 2.05) is 45.8 Å². The molecule has 1 heterocycles. The van der Waals surface area contributed by atoms with Crippen LogP contribution in [0.2, 0.25) is 0 Å². The Morgan fingerprint density at radius 1 is 1.22 bits per heavy atom. The van der Waals surface area contributed by atoms with Crippen LogP contribution in [0, 0.1) is 11.8 Å². The highest BCUT2D eigenvalue weighted by atomic mass is 16.4. The number of fused-ring (bicyclic) bond motifs is 5. The maximum absolute atomic E-state index is 14.2. The monoisotopic (exact) mass is 567 g/mol. The van der Waals surface area contributed by atoms with E-state index >= 15 is 0 Å². The van der Waals surface area contributed by atoms with Gasteiger partial charge in [0.15, 0.2) is 17.0 Å². The predicted molar refractivity (Wildman–Crippen MR) is 151 cm³/mol. The standard InChI is InChI=1S/C29H37N5O7/c1-28(2,3)31-11-17-32-15-10-16(33(4)5)13-8-12-9-14-21(34(6)7)23(36)20(27(30)39)26(38)29(14,40)25(37)18(12)22(35)19(13)24(15)41-17/h10,12,14,21,31,35,38,40H,8-9,11H2,1-7H3,(H2,30,39)/t12-,14-,21-,29-/m0/s1. The van der Waals surface area contributed by atoms with Crippen molar-refractivity contribution in [2.24, 2.45) is 17.6 Å². The zero-order chi connectivity index (χ0) is 30.3. The van der Waals surface area contributed by atoms with Gasteiger partial charge in [-0.05, 0) is 65.3 Å². The number of Topliss-reactive ketones (excluding diaryl/α,β-unsaturated/α-hetero) is 2. The second-order valence-corrected chi connectivity index (χ2v) is 12.7. The summed E-state index contributed by atoms with van der Waals surface area (Å²) in [5, 5.41) is 38.0. The third-order valence-electron chi connectivity index (χ3n) is 8.37. The summed E-state index contributed by atoms with van der Waals surface area (Å²) < 4.78 is 6.11. The van der Waals surface area contributed by atoms with Crippen LogP contribution in [0.4, 0.5) is 5.69 Å². The van der Waals surface area contributed by atoms with E-state index in [1.165, 1.54) is 4.90 Å². The van der Waals surface area contributed by atoms with E-state index in [1.54, 1.807) is 14.1 Å². The number of likely N-dealkylation sites (N-methyl/N-ethyl adjacent to an activating group) is 1. The number of aliphatic hydroxyl groups is 3. The quantitative estimate of drug-likeness (QED) is 0.329. The first-order valence-corrected chi connectivity index (χ1v) is 13.5. The molecular formula is C29H37N5O7. The molecule has 41 heavy (non-hydrogen) atoms. The highest BCUT2D eigenvalue weighted by molar-refractivity contribution is 6.24. The normalized spacial score (nSPS) is 26.4. The third-order valence-corrected chi connectivity index (χ3v) is 8.37. The molecule has 0 saturated heterocycles. The van der Waals surface area contributed by atoms with Crippen LogP contribution in [0.1, 0.15) is 44.2 Å². The summed E-state index contributed by atoms with van der Waals surface area (Å²) >= 11 is 0. The van der Waals surface area contributed by atoms with Gasteiger partial charge < -0.3 is 35.7 Å². The Balaban J connectivity index is 1.73. The van der Waals surface area contributed by atoms with E-state index < -0.39 is 52.3 Å². The van der Waals surface area contributed by atoms with Gasteiger partial charge in [0.05, 0.1) is 18.2 Å². The molecule has 12 nitrogen and oxygen atoms in total. The van der Waals surface area contributed by atoms with Crippen molar-refractivity contribution in [1.82, 2.24) is 15.2 Å². The first kappa shape index (κ1) is 28.8. The van der Waals surface area contributed by atoms with Gasteiger partial charge in [0.25, 0.3) is 5.91 Å². The van der Waals surface area contributed by atoms with Gasteiger partial charge in [0.2, 0.25) is 11.7 Å². The van der Waals surface area contributed by atoms with Crippen molar-refractivity contribution in [2.45, 2.75) is 57.3 Å². The number of benzene rings is 1. The van der Waals surface area contributed by atoms with E-state index in [9.17, 15) is 29.7 Å². The minimum absolute atomic E-state index is 0.0772. The van der Waals surface area contributed by atoms with Crippen molar-refractivity contribution in [3.63, 3.8) is 0 Å². The van der Waals surface area contributed by atoms with Crippen molar-refractivity contribution in [3.05, 3.63) is 40.0 Å². The summed E-state index contributed by atoms with van der Waals surface area (Å²) in [6.45, 7) is 6.37. The SMILES string of the molecule is CN(C)c1cc2nc(CNC(C)(C)C)oc2c2c1C[C@H]1C[C@H]3[C@H](N(C)C)C(=O)C(C(N)=O)=C(O)[C@@]3(O)C(=O)C1=C2O. The topological polar surface area (TPSA) is 182 Å². The molecule has 1 aromatic heterocycles. The number of nitrogens with zero attached hydrogens (tertiary/aromatic N) is 3. The van der Waals surface area contributed by atoms with Gasteiger partial charge in [0, 0.05) is 36.8 Å². The number of nitrogens with one attached hydrogen (secondary N) is 1. The lowest BCUT2D eigenvalue weighted by Crippen LogP contribution is -2.65. The second kappa shape index (κ2) is 9.40. The van der Waals surface area contributed by atoms with Gasteiger partial charge >= 0.3 is 0 Å². The molecule has 1 fully saturated rings. The fourth-order valence-electron chi connectivity index (χ4n) is 6.54. The van der Waals surface area contributed by atoms with E-state index in [0.29, 0.717) is 30.0 Å². The maximum atomic E-state index is 14.2. The van der Waals surface area contributed by atoms with Crippen LogP contribution in [0.5, 0.6) is 0 Å². The third kappa shape index (κ3) is 4.23. The number of ketones is 2. The second-order valence-electron chi connectivity index (χ2n) is 12.7. The molecule has 0 aliphatic heterocycles. The minimum atomic E-state index is -2.63. The highest BCUT2D eigenvalue weighted by Crippen LogP contribution is 2.53. The average Bonchev–Trinajstić information content (AvgIpc) is 3.26. The number of primary amides is 1. The molecule has 1 saturated carbocycles. The summed E-state index contributed by atoms with van der Waals surface area (Å²) in [6.07, 6.45) is 0.377. The molecule has 1 amide bonds. The molecule has 0 spiro atoms. The average molecular weight is 568 g/mol. The van der Waals surface area contributed by atoms with Crippen LogP contribution in [0.15, 0.2) is 27.4 Å². The van der Waals surface area contributed by atoms with E-state index in [0.717, 1.165) is 11.3 Å². The molecule has 6 N–H and O–H groups in total. The van der Waals surface area contributed by atoms with Crippen LogP contribution >= 0.6 is 0 Å². The van der Waals surface area contributed by atoms with Crippen molar-refractivity contribution >= 4 is 40.0 Å². The summed E-state index contributed by atoms with van der Waals surface area (Å²) in [4.78, 5) is 47.6. The molecule has 0 unspecified atom stereocenters. The molecular weight excluding hydrogens is 530 g/mol. The summed E-state index contributed by atoms with van der Waals surface area (Å²) in [7, 11) is 6.90. The number of anilines is 1. The number of nitrogens with two attached hydrogens (primary N) is 1. The molecule has 2 aromatic rings.